The van der Waals surface area contributed by atoms with Gasteiger partial charge in [0.15, 0.2) is 11.6 Å². The number of halogens is 2. The highest BCUT2D eigenvalue weighted by Crippen LogP contribution is 2.26. The summed E-state index contributed by atoms with van der Waals surface area (Å²) in [6.45, 7) is 0. The Kier molecular flexibility index (Phi) is 3.74. The lowest BCUT2D eigenvalue weighted by Crippen LogP contribution is -2.14. The molecule has 2 rings (SSSR count). The standard InChI is InChI=1S/C13H12F2N2O/c1-16-17-10-3-5-11(6-4-10)18-13-8-9(14)2-7-12(13)15/h2-8,16-17H,1H3. The molecule has 0 saturated heterocycles. The van der Waals surface area contributed by atoms with E-state index in [-0.39, 0.29) is 5.75 Å². The van der Waals surface area contributed by atoms with Gasteiger partial charge in [-0.1, -0.05) is 0 Å². The molecule has 94 valence electrons. The number of hydrogen-bond acceptors (Lipinski definition) is 3. The van der Waals surface area contributed by atoms with Gasteiger partial charge >= 0.3 is 0 Å². The average molecular weight is 250 g/mol. The predicted octanol–water partition coefficient (Wildman–Crippen LogP) is 3.30. The first-order valence-electron chi connectivity index (χ1n) is 5.35. The third-order valence-corrected chi connectivity index (χ3v) is 2.24. The molecule has 3 nitrogen and oxygen atoms in total. The van der Waals surface area contributed by atoms with Gasteiger partial charge in [-0.3, -0.25) is 0 Å². The van der Waals surface area contributed by atoms with Crippen molar-refractivity contribution >= 4 is 5.69 Å². The zero-order valence-corrected chi connectivity index (χ0v) is 9.71. The second-order valence-corrected chi connectivity index (χ2v) is 3.58. The minimum absolute atomic E-state index is 0.135. The van der Waals surface area contributed by atoms with Crippen LogP contribution in [-0.4, -0.2) is 7.05 Å². The third kappa shape index (κ3) is 2.95. The van der Waals surface area contributed by atoms with E-state index in [9.17, 15) is 8.78 Å². The van der Waals surface area contributed by atoms with Crippen molar-refractivity contribution in [3.63, 3.8) is 0 Å². The lowest BCUT2D eigenvalue weighted by Gasteiger charge is -2.08. The first-order valence-corrected chi connectivity index (χ1v) is 5.35. The number of rotatable bonds is 4. The Morgan fingerprint density at radius 3 is 2.39 bits per heavy atom. The van der Waals surface area contributed by atoms with Gasteiger partial charge in [-0.25, -0.2) is 14.2 Å². The van der Waals surface area contributed by atoms with Crippen LogP contribution in [0.2, 0.25) is 0 Å². The zero-order valence-electron chi connectivity index (χ0n) is 9.71. The van der Waals surface area contributed by atoms with Crippen molar-refractivity contribution in [1.29, 1.82) is 0 Å². The van der Waals surface area contributed by atoms with Gasteiger partial charge in [0.25, 0.3) is 0 Å². The maximum absolute atomic E-state index is 13.3. The summed E-state index contributed by atoms with van der Waals surface area (Å²) < 4.78 is 31.6. The first kappa shape index (κ1) is 12.3. The second-order valence-electron chi connectivity index (χ2n) is 3.58. The average Bonchev–Trinajstić information content (AvgIpc) is 2.37. The summed E-state index contributed by atoms with van der Waals surface area (Å²) in [4.78, 5) is 0. The van der Waals surface area contributed by atoms with Gasteiger partial charge in [0, 0.05) is 18.8 Å². The van der Waals surface area contributed by atoms with Crippen LogP contribution in [0.1, 0.15) is 0 Å². The lowest BCUT2D eigenvalue weighted by atomic mass is 10.3. The number of anilines is 1. The number of hydrogen-bond donors (Lipinski definition) is 2. The summed E-state index contributed by atoms with van der Waals surface area (Å²) in [5, 5.41) is 0. The van der Waals surface area contributed by atoms with E-state index in [4.69, 9.17) is 4.74 Å². The molecule has 0 radical (unpaired) electrons. The predicted molar refractivity (Wildman–Crippen MR) is 65.6 cm³/mol. The maximum atomic E-state index is 13.3. The molecule has 2 N–H and O–H groups in total. The smallest absolute Gasteiger partial charge is 0.165 e. The molecule has 0 atom stereocenters. The molecule has 0 aliphatic carbocycles. The number of nitrogens with one attached hydrogen (secondary N) is 2. The van der Waals surface area contributed by atoms with Crippen molar-refractivity contribution in [2.24, 2.45) is 0 Å². The van der Waals surface area contributed by atoms with Gasteiger partial charge in [0.2, 0.25) is 0 Å². The fourth-order valence-corrected chi connectivity index (χ4v) is 1.43. The zero-order chi connectivity index (χ0) is 13.0. The SMILES string of the molecule is CNNc1ccc(Oc2cc(F)ccc2F)cc1. The normalized spacial score (nSPS) is 10.2. The van der Waals surface area contributed by atoms with Gasteiger partial charge in [-0.05, 0) is 36.4 Å². The van der Waals surface area contributed by atoms with Crippen LogP contribution in [0.4, 0.5) is 14.5 Å². The summed E-state index contributed by atoms with van der Waals surface area (Å²) >= 11 is 0. The summed E-state index contributed by atoms with van der Waals surface area (Å²) in [5.41, 5.74) is 6.49. The Morgan fingerprint density at radius 1 is 1.00 bits per heavy atom. The molecule has 0 bridgehead atoms. The highest BCUT2D eigenvalue weighted by atomic mass is 19.1. The van der Waals surface area contributed by atoms with Gasteiger partial charge in [0.05, 0.1) is 0 Å². The van der Waals surface area contributed by atoms with E-state index in [1.165, 1.54) is 0 Å². The molecular formula is C13H12F2N2O. The fraction of sp³-hybridized carbons (Fsp3) is 0.0769. The number of hydrazine groups is 1. The Morgan fingerprint density at radius 2 is 1.72 bits per heavy atom. The molecule has 0 saturated carbocycles. The molecular weight excluding hydrogens is 238 g/mol. The van der Waals surface area contributed by atoms with Crippen LogP contribution in [0.25, 0.3) is 0 Å². The summed E-state index contributed by atoms with van der Waals surface area (Å²) in [7, 11) is 1.74. The van der Waals surface area contributed by atoms with E-state index in [1.807, 2.05) is 0 Å². The summed E-state index contributed by atoms with van der Waals surface area (Å²) in [6.07, 6.45) is 0. The highest BCUT2D eigenvalue weighted by Gasteiger charge is 2.06. The lowest BCUT2D eigenvalue weighted by molar-refractivity contribution is 0.436. The van der Waals surface area contributed by atoms with Gasteiger partial charge in [-0.15, -0.1) is 0 Å². The van der Waals surface area contributed by atoms with Crippen LogP contribution in [0.5, 0.6) is 11.5 Å². The molecule has 0 fully saturated rings. The largest absolute Gasteiger partial charge is 0.454 e. The van der Waals surface area contributed by atoms with E-state index in [1.54, 1.807) is 31.3 Å². The monoisotopic (exact) mass is 250 g/mol. The van der Waals surface area contributed by atoms with Crippen LogP contribution in [0, 0.1) is 11.6 Å². The van der Waals surface area contributed by atoms with Crippen LogP contribution >= 0.6 is 0 Å². The molecule has 0 aromatic heterocycles. The molecule has 18 heavy (non-hydrogen) atoms. The molecule has 0 amide bonds. The second kappa shape index (κ2) is 5.46. The van der Waals surface area contributed by atoms with E-state index in [0.717, 1.165) is 23.9 Å². The fourth-order valence-electron chi connectivity index (χ4n) is 1.43. The van der Waals surface area contributed by atoms with E-state index >= 15 is 0 Å². The molecule has 2 aromatic carbocycles. The van der Waals surface area contributed by atoms with Crippen LogP contribution in [-0.2, 0) is 0 Å². The van der Waals surface area contributed by atoms with Crippen molar-refractivity contribution in [2.75, 3.05) is 12.5 Å². The van der Waals surface area contributed by atoms with Crippen molar-refractivity contribution in [3.8, 4) is 11.5 Å². The summed E-state index contributed by atoms with van der Waals surface area (Å²) in [6, 6.07) is 9.90. The van der Waals surface area contributed by atoms with E-state index in [0.29, 0.717) is 5.75 Å². The topological polar surface area (TPSA) is 33.3 Å². The Bertz CT molecular complexity index is 529. The number of benzene rings is 2. The molecule has 0 unspecified atom stereocenters. The molecule has 0 aliphatic heterocycles. The highest BCUT2D eigenvalue weighted by molar-refractivity contribution is 5.46. The van der Waals surface area contributed by atoms with Crippen LogP contribution in [0.15, 0.2) is 42.5 Å². The molecule has 5 heteroatoms. The van der Waals surface area contributed by atoms with Crippen molar-refractivity contribution in [2.45, 2.75) is 0 Å². The Hall–Kier alpha value is -2.14. The third-order valence-electron chi connectivity index (χ3n) is 2.24. The Balaban J connectivity index is 2.15. The Labute approximate surface area is 103 Å². The minimum Gasteiger partial charge on any atom is -0.454 e. The van der Waals surface area contributed by atoms with Gasteiger partial charge < -0.3 is 10.2 Å². The molecule has 0 heterocycles. The molecule has 0 spiro atoms. The van der Waals surface area contributed by atoms with Crippen LogP contribution < -0.4 is 15.6 Å². The quantitative estimate of drug-likeness (QED) is 0.817. The summed E-state index contributed by atoms with van der Waals surface area (Å²) in [5.74, 6) is -0.848. The number of ether oxygens (including phenoxy) is 1. The van der Waals surface area contributed by atoms with Crippen LogP contribution in [0.3, 0.4) is 0 Å². The maximum Gasteiger partial charge on any atom is 0.165 e. The van der Waals surface area contributed by atoms with E-state index < -0.39 is 11.6 Å². The minimum atomic E-state index is -0.603. The molecule has 2 aromatic rings. The first-order chi connectivity index (χ1) is 8.69. The van der Waals surface area contributed by atoms with Crippen molar-refractivity contribution < 1.29 is 13.5 Å². The van der Waals surface area contributed by atoms with Gasteiger partial charge in [-0.2, -0.15) is 0 Å². The molecule has 0 aliphatic rings. The van der Waals surface area contributed by atoms with Crippen molar-refractivity contribution in [1.82, 2.24) is 5.43 Å². The van der Waals surface area contributed by atoms with Crippen molar-refractivity contribution in [3.05, 3.63) is 54.1 Å². The van der Waals surface area contributed by atoms with Gasteiger partial charge in [0.1, 0.15) is 11.6 Å². The van der Waals surface area contributed by atoms with E-state index in [2.05, 4.69) is 10.9 Å².